The Kier molecular flexibility index (Phi) is 5.02. The average molecular weight is 437 g/mol. The fourth-order valence-corrected chi connectivity index (χ4v) is 4.22. The van der Waals surface area contributed by atoms with Crippen LogP contribution in [0.5, 0.6) is 17.2 Å². The molecule has 2 N–H and O–H groups in total. The number of aromatic nitrogens is 4. The van der Waals surface area contributed by atoms with Crippen molar-refractivity contribution in [2.45, 2.75) is 12.5 Å². The molecule has 11 nitrogen and oxygen atoms in total. The predicted molar refractivity (Wildman–Crippen MR) is 115 cm³/mol. The summed E-state index contributed by atoms with van der Waals surface area (Å²) in [6.07, 6.45) is 0.836. The van der Waals surface area contributed by atoms with E-state index in [0.717, 1.165) is 29.8 Å². The lowest BCUT2D eigenvalue weighted by Crippen LogP contribution is -2.35. The molecule has 2 aliphatic heterocycles. The van der Waals surface area contributed by atoms with E-state index in [1.807, 2.05) is 31.3 Å². The van der Waals surface area contributed by atoms with Crippen LogP contribution in [0.2, 0.25) is 0 Å². The van der Waals surface area contributed by atoms with Gasteiger partial charge in [-0.15, -0.1) is 5.10 Å². The molecule has 3 heterocycles. The van der Waals surface area contributed by atoms with E-state index in [2.05, 4.69) is 31.1 Å². The van der Waals surface area contributed by atoms with Crippen molar-refractivity contribution in [1.82, 2.24) is 30.4 Å². The van der Waals surface area contributed by atoms with Crippen LogP contribution in [0.3, 0.4) is 0 Å². The van der Waals surface area contributed by atoms with E-state index in [-0.39, 0.29) is 18.9 Å². The number of urea groups is 1. The van der Waals surface area contributed by atoms with Crippen molar-refractivity contribution in [2.75, 3.05) is 39.9 Å². The molecule has 0 spiro atoms. The minimum atomic E-state index is -0.305. The van der Waals surface area contributed by atoms with E-state index >= 15 is 0 Å². The maximum atomic E-state index is 11.7. The highest BCUT2D eigenvalue weighted by molar-refractivity contribution is 5.89. The van der Waals surface area contributed by atoms with Crippen molar-refractivity contribution in [3.8, 4) is 22.9 Å². The van der Waals surface area contributed by atoms with Gasteiger partial charge in [0.2, 0.25) is 12.5 Å². The van der Waals surface area contributed by atoms with Crippen molar-refractivity contribution in [3.63, 3.8) is 0 Å². The van der Waals surface area contributed by atoms with E-state index in [1.165, 1.54) is 0 Å². The van der Waals surface area contributed by atoms with Gasteiger partial charge < -0.3 is 24.8 Å². The van der Waals surface area contributed by atoms with E-state index in [4.69, 9.17) is 14.2 Å². The summed E-state index contributed by atoms with van der Waals surface area (Å²) in [7, 11) is 5.22. The summed E-state index contributed by atoms with van der Waals surface area (Å²) in [5, 5.41) is 17.9. The number of benzene rings is 2. The molecule has 166 valence electrons. The Morgan fingerprint density at radius 3 is 2.97 bits per heavy atom. The molecule has 32 heavy (non-hydrogen) atoms. The Balaban J connectivity index is 1.61. The van der Waals surface area contributed by atoms with Crippen LogP contribution in [0, 0.1) is 0 Å². The molecular weight excluding hydrogens is 414 g/mol. The lowest BCUT2D eigenvalue weighted by atomic mass is 9.90. The number of ether oxygens (including phenoxy) is 3. The second-order valence-corrected chi connectivity index (χ2v) is 7.55. The zero-order valence-corrected chi connectivity index (χ0v) is 18.0. The van der Waals surface area contributed by atoms with Gasteiger partial charge in [-0.05, 0) is 53.7 Å². The van der Waals surface area contributed by atoms with Gasteiger partial charge in [0.25, 0.3) is 0 Å². The molecule has 5 rings (SSSR count). The molecule has 2 aromatic carbocycles. The van der Waals surface area contributed by atoms with Crippen molar-refractivity contribution in [3.05, 3.63) is 47.3 Å². The minimum Gasteiger partial charge on any atom is -0.492 e. The average Bonchev–Trinajstić information content (AvgIpc) is 3.47. The fourth-order valence-electron chi connectivity index (χ4n) is 4.22. The summed E-state index contributed by atoms with van der Waals surface area (Å²) in [5.41, 5.74) is 3.42. The standard InChI is InChI=1S/C21H23N7O4/c1-22-21(29)23-13-5-4-6-14(10-13)28-20(24-25-26-28)17-16-12(7-8-27(17)2)9-15-18(19(16)30-3)32-11-31-15/h4-6,9-10,17H,7-8,11H2,1-3H3,(H2,22,23,29). The molecule has 11 heteroatoms. The minimum absolute atomic E-state index is 0.165. The topological polar surface area (TPSA) is 116 Å². The number of nitrogens with one attached hydrogen (secondary N) is 2. The molecule has 0 fully saturated rings. The van der Waals surface area contributed by atoms with E-state index < -0.39 is 0 Å². The van der Waals surface area contributed by atoms with Gasteiger partial charge in [-0.25, -0.2) is 4.79 Å². The second-order valence-electron chi connectivity index (χ2n) is 7.55. The largest absolute Gasteiger partial charge is 0.492 e. The monoisotopic (exact) mass is 437 g/mol. The molecule has 3 aromatic rings. The summed E-state index contributed by atoms with van der Waals surface area (Å²) in [5.74, 6) is 2.55. The van der Waals surface area contributed by atoms with E-state index in [0.29, 0.717) is 28.8 Å². The quantitative estimate of drug-likeness (QED) is 0.634. The van der Waals surface area contributed by atoms with Gasteiger partial charge >= 0.3 is 6.03 Å². The zero-order valence-electron chi connectivity index (χ0n) is 18.0. The fraction of sp³-hybridized carbons (Fsp3) is 0.333. The van der Waals surface area contributed by atoms with Gasteiger partial charge in [0, 0.05) is 24.8 Å². The van der Waals surface area contributed by atoms with Gasteiger partial charge in [0.05, 0.1) is 12.8 Å². The second kappa shape index (κ2) is 8.00. The van der Waals surface area contributed by atoms with Crippen LogP contribution in [0.15, 0.2) is 30.3 Å². The van der Waals surface area contributed by atoms with Crippen LogP contribution in [0.25, 0.3) is 5.69 Å². The molecule has 0 aliphatic carbocycles. The van der Waals surface area contributed by atoms with Crippen molar-refractivity contribution in [1.29, 1.82) is 0 Å². The van der Waals surface area contributed by atoms with Crippen molar-refractivity contribution >= 4 is 11.7 Å². The van der Waals surface area contributed by atoms with Crippen LogP contribution >= 0.6 is 0 Å². The number of carbonyl (C=O) groups is 1. The Morgan fingerprint density at radius 2 is 2.16 bits per heavy atom. The summed E-state index contributed by atoms with van der Waals surface area (Å²) in [6, 6.07) is 8.78. The third-order valence-corrected chi connectivity index (χ3v) is 5.71. The smallest absolute Gasteiger partial charge is 0.318 e. The number of amides is 2. The summed E-state index contributed by atoms with van der Waals surface area (Å²) in [4.78, 5) is 13.9. The lowest BCUT2D eigenvalue weighted by molar-refractivity contribution is 0.170. The lowest BCUT2D eigenvalue weighted by Gasteiger charge is -2.34. The number of hydrogen-bond acceptors (Lipinski definition) is 8. The Morgan fingerprint density at radius 1 is 1.28 bits per heavy atom. The molecule has 1 unspecified atom stereocenters. The Hall–Kier alpha value is -3.86. The zero-order chi connectivity index (χ0) is 22.2. The highest BCUT2D eigenvalue weighted by atomic mass is 16.7. The number of carbonyl (C=O) groups excluding carboxylic acids is 1. The number of hydrogen-bond donors (Lipinski definition) is 2. The number of rotatable bonds is 4. The third-order valence-electron chi connectivity index (χ3n) is 5.71. The van der Waals surface area contributed by atoms with E-state index in [1.54, 1.807) is 24.9 Å². The first-order valence-corrected chi connectivity index (χ1v) is 10.2. The van der Waals surface area contributed by atoms with Crippen LogP contribution in [-0.2, 0) is 6.42 Å². The third kappa shape index (κ3) is 3.26. The number of fused-ring (bicyclic) bond motifs is 2. The number of anilines is 1. The normalized spacial score (nSPS) is 17.0. The van der Waals surface area contributed by atoms with Gasteiger partial charge in [-0.3, -0.25) is 4.90 Å². The SMILES string of the molecule is CNC(=O)Nc1cccc(-n2nnnc2C2c3c(cc4c(c3OC)OCO4)CCN2C)c1. The Bertz CT molecular complexity index is 1180. The van der Waals surface area contributed by atoms with Gasteiger partial charge in [-0.1, -0.05) is 6.07 Å². The molecule has 0 bridgehead atoms. The first kappa shape index (κ1) is 20.1. The number of tetrazole rings is 1. The molecule has 1 atom stereocenters. The molecule has 1 aromatic heterocycles. The number of likely N-dealkylation sites (N-methyl/N-ethyl adjacent to an activating group) is 1. The first-order valence-electron chi connectivity index (χ1n) is 10.2. The predicted octanol–water partition coefficient (Wildman–Crippen LogP) is 1.73. The summed E-state index contributed by atoms with van der Waals surface area (Å²) in [6.45, 7) is 0.976. The molecule has 0 radical (unpaired) electrons. The number of nitrogens with zero attached hydrogens (tertiary/aromatic N) is 5. The molecule has 0 saturated heterocycles. The van der Waals surface area contributed by atoms with Crippen molar-refractivity contribution in [2.24, 2.45) is 0 Å². The molecular formula is C21H23N7O4. The van der Waals surface area contributed by atoms with Crippen LogP contribution in [-0.4, -0.2) is 65.7 Å². The highest BCUT2D eigenvalue weighted by Crippen LogP contribution is 2.50. The first-order chi connectivity index (χ1) is 15.6. The molecule has 2 amide bonds. The van der Waals surface area contributed by atoms with Crippen LogP contribution < -0.4 is 24.8 Å². The molecule has 0 saturated carbocycles. The van der Waals surface area contributed by atoms with Gasteiger partial charge in [0.1, 0.15) is 6.04 Å². The summed E-state index contributed by atoms with van der Waals surface area (Å²) >= 11 is 0. The van der Waals surface area contributed by atoms with Crippen LogP contribution in [0.4, 0.5) is 10.5 Å². The summed E-state index contributed by atoms with van der Waals surface area (Å²) < 4.78 is 18.8. The van der Waals surface area contributed by atoms with Crippen molar-refractivity contribution < 1.29 is 19.0 Å². The van der Waals surface area contributed by atoms with Gasteiger partial charge in [0.15, 0.2) is 17.3 Å². The van der Waals surface area contributed by atoms with E-state index in [9.17, 15) is 4.79 Å². The number of methoxy groups -OCH3 is 1. The van der Waals surface area contributed by atoms with Gasteiger partial charge in [-0.2, -0.15) is 4.68 Å². The van der Waals surface area contributed by atoms with Crippen LogP contribution in [0.1, 0.15) is 23.0 Å². The maximum Gasteiger partial charge on any atom is 0.318 e. The Labute approximate surface area is 184 Å². The highest BCUT2D eigenvalue weighted by Gasteiger charge is 2.37. The maximum absolute atomic E-state index is 11.7. The molecule has 2 aliphatic rings.